The number of aliphatic hydroxyl groups is 1. The smallest absolute Gasteiger partial charge is 0.303 e. The summed E-state index contributed by atoms with van der Waals surface area (Å²) in [5.41, 5.74) is 0.778. The van der Waals surface area contributed by atoms with Gasteiger partial charge in [-0.2, -0.15) is 0 Å². The Kier molecular flexibility index (Phi) is 3.97. The summed E-state index contributed by atoms with van der Waals surface area (Å²) in [7, 11) is 0. The second kappa shape index (κ2) is 5.91. The number of hydrogen-bond donors (Lipinski definition) is 1. The molecule has 5 nitrogen and oxygen atoms in total. The molecule has 1 aliphatic heterocycles. The fourth-order valence-corrected chi connectivity index (χ4v) is 7.83. The molecule has 0 aromatic rings. The lowest BCUT2D eigenvalue weighted by Crippen LogP contribution is -2.55. The van der Waals surface area contributed by atoms with Crippen molar-refractivity contribution < 1.29 is 24.2 Å². The second-order valence-corrected chi connectivity index (χ2v) is 10.4. The highest BCUT2D eigenvalue weighted by molar-refractivity contribution is 5.94. The fourth-order valence-electron chi connectivity index (χ4n) is 7.83. The van der Waals surface area contributed by atoms with E-state index in [1.807, 2.05) is 0 Å². The van der Waals surface area contributed by atoms with Crippen molar-refractivity contribution in [3.05, 3.63) is 11.6 Å². The molecular weight excluding hydrogens is 356 g/mol. The van der Waals surface area contributed by atoms with Gasteiger partial charge in [0.15, 0.2) is 12.2 Å². The summed E-state index contributed by atoms with van der Waals surface area (Å²) in [6.45, 7) is 5.84. The molecule has 1 N–H and O–H groups in total. The van der Waals surface area contributed by atoms with Crippen molar-refractivity contribution in [1.29, 1.82) is 0 Å². The van der Waals surface area contributed by atoms with Gasteiger partial charge < -0.3 is 14.6 Å². The van der Waals surface area contributed by atoms with Crippen LogP contribution in [0.15, 0.2) is 11.6 Å². The van der Waals surface area contributed by atoms with Crippen LogP contribution in [0.1, 0.15) is 65.7 Å². The van der Waals surface area contributed by atoms with Crippen LogP contribution in [0.5, 0.6) is 0 Å². The molecular formula is C23H32O5. The van der Waals surface area contributed by atoms with E-state index in [4.69, 9.17) is 9.47 Å². The van der Waals surface area contributed by atoms with E-state index in [0.717, 1.165) is 44.9 Å². The molecule has 154 valence electrons. The van der Waals surface area contributed by atoms with Gasteiger partial charge in [-0.05, 0) is 68.1 Å². The molecule has 1 saturated heterocycles. The molecule has 8 atom stereocenters. The number of Topliss-reactive ketones (excluding diaryl/α,β-unsaturated/α-hetero) is 1. The van der Waals surface area contributed by atoms with Gasteiger partial charge in [-0.1, -0.05) is 25.5 Å². The Morgan fingerprint density at radius 3 is 2.79 bits per heavy atom. The maximum absolute atomic E-state index is 13.0. The minimum Gasteiger partial charge on any atom is -0.458 e. The number of ether oxygens (including phenoxy) is 2. The first-order valence-electron chi connectivity index (χ1n) is 10.9. The Bertz CT molecular complexity index is 758. The highest BCUT2D eigenvalue weighted by atomic mass is 16.6. The molecule has 0 bridgehead atoms. The second-order valence-electron chi connectivity index (χ2n) is 10.4. The maximum Gasteiger partial charge on any atom is 0.303 e. The van der Waals surface area contributed by atoms with Crippen LogP contribution >= 0.6 is 0 Å². The molecule has 5 rings (SSSR count). The highest BCUT2D eigenvalue weighted by Gasteiger charge is 2.80. The number of rotatable bonds is 3. The first-order chi connectivity index (χ1) is 13.2. The van der Waals surface area contributed by atoms with Crippen LogP contribution in [0.3, 0.4) is 0 Å². The van der Waals surface area contributed by atoms with Gasteiger partial charge in [-0.15, -0.1) is 0 Å². The monoisotopic (exact) mass is 388 g/mol. The largest absolute Gasteiger partial charge is 0.458 e. The van der Waals surface area contributed by atoms with Crippen LogP contribution in [0, 0.1) is 28.6 Å². The zero-order chi connectivity index (χ0) is 19.9. The average molecular weight is 389 g/mol. The van der Waals surface area contributed by atoms with E-state index in [9.17, 15) is 14.7 Å². The Morgan fingerprint density at radius 1 is 1.25 bits per heavy atom. The molecule has 0 aromatic carbocycles. The Hall–Kier alpha value is -1.20. The van der Waals surface area contributed by atoms with Gasteiger partial charge in [-0.3, -0.25) is 9.59 Å². The average Bonchev–Trinajstić information content (AvgIpc) is 3.32. The van der Waals surface area contributed by atoms with Crippen molar-refractivity contribution in [3.8, 4) is 0 Å². The maximum atomic E-state index is 13.0. The summed E-state index contributed by atoms with van der Waals surface area (Å²) in [4.78, 5) is 24.2. The van der Waals surface area contributed by atoms with Gasteiger partial charge >= 0.3 is 5.97 Å². The number of ketones is 1. The number of carbonyl (C=O) groups excluding carboxylic acids is 2. The van der Waals surface area contributed by atoms with Gasteiger partial charge in [0.2, 0.25) is 5.78 Å². The lowest BCUT2D eigenvalue weighted by Gasteiger charge is -2.58. The van der Waals surface area contributed by atoms with Gasteiger partial charge in [0, 0.05) is 12.3 Å². The lowest BCUT2D eigenvalue weighted by atomic mass is 9.47. The van der Waals surface area contributed by atoms with Crippen LogP contribution < -0.4 is 0 Å². The minimum absolute atomic E-state index is 0.00401. The summed E-state index contributed by atoms with van der Waals surface area (Å²) in [5.74, 6) is 1.24. The van der Waals surface area contributed by atoms with Crippen molar-refractivity contribution >= 4 is 11.8 Å². The van der Waals surface area contributed by atoms with Gasteiger partial charge in [0.05, 0.1) is 12.2 Å². The van der Waals surface area contributed by atoms with Crippen LogP contribution in [0.4, 0.5) is 0 Å². The summed E-state index contributed by atoms with van der Waals surface area (Å²) >= 11 is 0. The normalized spacial score (nSPS) is 51.1. The van der Waals surface area contributed by atoms with Crippen LogP contribution in [-0.4, -0.2) is 41.3 Å². The molecule has 1 heterocycles. The Labute approximate surface area is 166 Å². The molecule has 0 amide bonds. The van der Waals surface area contributed by atoms with E-state index < -0.39 is 11.6 Å². The van der Waals surface area contributed by atoms with E-state index in [1.165, 1.54) is 12.5 Å². The Morgan fingerprint density at radius 2 is 2.04 bits per heavy atom. The zero-order valence-corrected chi connectivity index (χ0v) is 17.2. The van der Waals surface area contributed by atoms with Crippen molar-refractivity contribution in [3.63, 3.8) is 0 Å². The predicted molar refractivity (Wildman–Crippen MR) is 102 cm³/mol. The first-order valence-corrected chi connectivity index (χ1v) is 10.9. The van der Waals surface area contributed by atoms with Crippen LogP contribution in [0.25, 0.3) is 0 Å². The third-order valence-electron chi connectivity index (χ3n) is 9.33. The zero-order valence-electron chi connectivity index (χ0n) is 17.2. The van der Waals surface area contributed by atoms with Crippen LogP contribution in [-0.2, 0) is 19.1 Å². The van der Waals surface area contributed by atoms with E-state index in [1.54, 1.807) is 0 Å². The van der Waals surface area contributed by atoms with Gasteiger partial charge in [-0.25, -0.2) is 0 Å². The molecule has 4 fully saturated rings. The SMILES string of the molecule is CC(=O)OCC(=O)[C@]12O[C@@H]1C[C@@H]1[C@H]3CC=C4C[C@@H](O)CC[C@]4(C)[C@@H]3CC[C@]12C. The predicted octanol–water partition coefficient (Wildman–Crippen LogP) is 3.19. The van der Waals surface area contributed by atoms with Crippen molar-refractivity contribution in [1.82, 2.24) is 0 Å². The molecule has 0 radical (unpaired) electrons. The molecule has 5 aliphatic rings. The first kappa shape index (κ1) is 18.8. The Balaban J connectivity index is 1.42. The minimum atomic E-state index is -0.730. The van der Waals surface area contributed by atoms with Crippen LogP contribution in [0.2, 0.25) is 0 Å². The third kappa shape index (κ3) is 2.26. The number of aliphatic hydroxyl groups excluding tert-OH is 1. The lowest BCUT2D eigenvalue weighted by molar-refractivity contribution is -0.152. The topological polar surface area (TPSA) is 76.1 Å². The van der Waals surface area contributed by atoms with E-state index >= 15 is 0 Å². The molecule has 0 unspecified atom stereocenters. The number of epoxide rings is 1. The number of allylic oxidation sites excluding steroid dienone is 1. The summed E-state index contributed by atoms with van der Waals surface area (Å²) in [6.07, 6.45) is 9.14. The molecule has 28 heavy (non-hydrogen) atoms. The highest BCUT2D eigenvalue weighted by Crippen LogP contribution is 2.73. The third-order valence-corrected chi connectivity index (χ3v) is 9.33. The number of fused-ring (bicyclic) bond motifs is 7. The van der Waals surface area contributed by atoms with Crippen molar-refractivity contribution in [2.24, 2.45) is 28.6 Å². The van der Waals surface area contributed by atoms with E-state index in [0.29, 0.717) is 17.8 Å². The number of carbonyl (C=O) groups is 2. The molecule has 3 saturated carbocycles. The number of esters is 1. The molecule has 0 spiro atoms. The summed E-state index contributed by atoms with van der Waals surface area (Å²) < 4.78 is 11.1. The van der Waals surface area contributed by atoms with Crippen molar-refractivity contribution in [2.45, 2.75) is 83.5 Å². The fraction of sp³-hybridized carbons (Fsp3) is 0.826. The standard InChI is InChI=1S/C23H32O5/c1-13(24)27-12-19(26)23-20(28-23)11-18-16-5-4-14-10-15(25)6-8-21(14,2)17(16)7-9-22(18,23)3/h4,15-18,20,25H,5-12H2,1-3H3/t15-,16-,17+,18+,20+,21-,22+,23-/m0/s1. The van der Waals surface area contributed by atoms with Gasteiger partial charge in [0.25, 0.3) is 0 Å². The quantitative estimate of drug-likeness (QED) is 0.456. The molecule has 0 aromatic heterocycles. The molecule has 5 heteroatoms. The van der Waals surface area contributed by atoms with Crippen molar-refractivity contribution in [2.75, 3.05) is 6.61 Å². The van der Waals surface area contributed by atoms with E-state index in [2.05, 4.69) is 19.9 Å². The van der Waals surface area contributed by atoms with E-state index in [-0.39, 0.29) is 35.4 Å². The summed E-state index contributed by atoms with van der Waals surface area (Å²) in [6, 6.07) is 0. The summed E-state index contributed by atoms with van der Waals surface area (Å²) in [5, 5.41) is 10.1. The number of hydrogen-bond acceptors (Lipinski definition) is 5. The molecule has 4 aliphatic carbocycles. The van der Waals surface area contributed by atoms with Gasteiger partial charge in [0.1, 0.15) is 0 Å².